The quantitative estimate of drug-likeness (QED) is 0.597. The van der Waals surface area contributed by atoms with Crippen LogP contribution >= 0.6 is 15.9 Å². The highest BCUT2D eigenvalue weighted by molar-refractivity contribution is 9.10. The molecule has 0 saturated carbocycles. The van der Waals surface area contributed by atoms with Crippen molar-refractivity contribution in [1.29, 1.82) is 0 Å². The van der Waals surface area contributed by atoms with Gasteiger partial charge in [0.15, 0.2) is 0 Å². The van der Waals surface area contributed by atoms with Gasteiger partial charge in [0.05, 0.1) is 11.1 Å². The van der Waals surface area contributed by atoms with Gasteiger partial charge >= 0.3 is 12.4 Å². The van der Waals surface area contributed by atoms with Crippen LogP contribution in [0.3, 0.4) is 0 Å². The van der Waals surface area contributed by atoms with Crippen molar-refractivity contribution in [3.8, 4) is 0 Å². The molecule has 102 valence electrons. The van der Waals surface area contributed by atoms with E-state index in [-0.39, 0.29) is 12.1 Å². The van der Waals surface area contributed by atoms with Crippen LogP contribution < -0.4 is 0 Å². The van der Waals surface area contributed by atoms with Gasteiger partial charge in [-0.25, -0.2) is 8.78 Å². The third kappa shape index (κ3) is 3.12. The molecule has 0 bridgehead atoms. The Bertz CT molecular complexity index is 445. The Hall–Kier alpha value is -0.860. The molecule has 9 heteroatoms. The normalized spacial score (nSPS) is 13.2. The topological polar surface area (TPSA) is 0 Å². The summed E-state index contributed by atoms with van der Waals surface area (Å²) in [5, 5.41) is 0. The highest BCUT2D eigenvalue weighted by Gasteiger charge is 2.40. The summed E-state index contributed by atoms with van der Waals surface area (Å²) in [4.78, 5) is 0. The van der Waals surface area contributed by atoms with Crippen LogP contribution in [0.2, 0.25) is 0 Å². The van der Waals surface area contributed by atoms with Crippen LogP contribution in [-0.2, 0) is 12.4 Å². The third-order valence-electron chi connectivity index (χ3n) is 1.99. The Balaban J connectivity index is 3.55. The molecule has 18 heavy (non-hydrogen) atoms. The van der Waals surface area contributed by atoms with Gasteiger partial charge in [0.1, 0.15) is 0 Å². The summed E-state index contributed by atoms with van der Waals surface area (Å²) in [6, 6.07) is -0.193. The molecule has 0 aromatic heterocycles. The molecule has 0 aliphatic rings. The molecule has 0 atom stereocenters. The monoisotopic (exact) mass is 342 g/mol. The first-order valence-corrected chi connectivity index (χ1v) is 5.00. The van der Waals surface area contributed by atoms with Gasteiger partial charge in [0.2, 0.25) is 0 Å². The highest BCUT2D eigenvalue weighted by atomic mass is 79.9. The molecule has 1 rings (SSSR count). The standard InChI is InChI=1S/C9H3BrF8/c10-6-2-4(8(13,14)15)3(7(11)12)1-5(6)9(16,17)18/h1-2,7H. The molecule has 0 aliphatic carbocycles. The first-order valence-electron chi connectivity index (χ1n) is 4.20. The molecule has 1 aromatic rings. The van der Waals surface area contributed by atoms with E-state index in [1.807, 2.05) is 0 Å². The van der Waals surface area contributed by atoms with Gasteiger partial charge < -0.3 is 0 Å². The third-order valence-corrected chi connectivity index (χ3v) is 2.64. The minimum absolute atomic E-state index is 0.00428. The first-order chi connectivity index (χ1) is 7.94. The largest absolute Gasteiger partial charge is 0.417 e. The summed E-state index contributed by atoms with van der Waals surface area (Å²) in [6.45, 7) is 0. The molecular formula is C9H3BrF8. The van der Waals surface area contributed by atoms with Gasteiger partial charge in [-0.2, -0.15) is 26.3 Å². The number of hydrogen-bond donors (Lipinski definition) is 0. The minimum Gasteiger partial charge on any atom is -0.205 e. The lowest BCUT2D eigenvalue weighted by Crippen LogP contribution is -2.14. The average molecular weight is 343 g/mol. The number of halogens is 9. The van der Waals surface area contributed by atoms with Gasteiger partial charge in [0, 0.05) is 10.0 Å². The van der Waals surface area contributed by atoms with Gasteiger partial charge in [-0.3, -0.25) is 0 Å². The zero-order valence-corrected chi connectivity index (χ0v) is 9.72. The SMILES string of the molecule is FC(F)c1cc(C(F)(F)F)c(Br)cc1C(F)(F)F. The molecule has 0 N–H and O–H groups in total. The van der Waals surface area contributed by atoms with E-state index < -0.39 is 39.9 Å². The van der Waals surface area contributed by atoms with E-state index in [4.69, 9.17) is 0 Å². The van der Waals surface area contributed by atoms with Crippen LogP contribution in [0.4, 0.5) is 35.1 Å². The summed E-state index contributed by atoms with van der Waals surface area (Å²) >= 11 is 2.29. The molecule has 0 radical (unpaired) electrons. The van der Waals surface area contributed by atoms with Gasteiger partial charge in [-0.05, 0) is 12.1 Å². The van der Waals surface area contributed by atoms with Crippen molar-refractivity contribution in [3.05, 3.63) is 33.3 Å². The van der Waals surface area contributed by atoms with Crippen molar-refractivity contribution >= 4 is 15.9 Å². The fraction of sp³-hybridized carbons (Fsp3) is 0.333. The fourth-order valence-electron chi connectivity index (χ4n) is 1.23. The summed E-state index contributed by atoms with van der Waals surface area (Å²) in [5.74, 6) is 0. The van der Waals surface area contributed by atoms with Gasteiger partial charge in [0.25, 0.3) is 6.43 Å². The van der Waals surface area contributed by atoms with E-state index in [0.717, 1.165) is 0 Å². The Morgan fingerprint density at radius 1 is 0.833 bits per heavy atom. The second kappa shape index (κ2) is 4.67. The maximum Gasteiger partial charge on any atom is 0.417 e. The lowest BCUT2D eigenvalue weighted by Gasteiger charge is -2.16. The van der Waals surface area contributed by atoms with Crippen LogP contribution in [-0.4, -0.2) is 0 Å². The van der Waals surface area contributed by atoms with Crippen LogP contribution in [0.15, 0.2) is 16.6 Å². The van der Waals surface area contributed by atoms with E-state index in [9.17, 15) is 35.1 Å². The van der Waals surface area contributed by atoms with E-state index in [1.54, 1.807) is 0 Å². The van der Waals surface area contributed by atoms with Gasteiger partial charge in [-0.15, -0.1) is 0 Å². The zero-order chi connectivity index (χ0) is 14.3. The van der Waals surface area contributed by atoms with Crippen molar-refractivity contribution in [2.24, 2.45) is 0 Å². The van der Waals surface area contributed by atoms with Crippen molar-refractivity contribution in [3.63, 3.8) is 0 Å². The maximum atomic E-state index is 12.4. The van der Waals surface area contributed by atoms with E-state index in [2.05, 4.69) is 15.9 Å². The first kappa shape index (κ1) is 15.2. The van der Waals surface area contributed by atoms with Crippen molar-refractivity contribution < 1.29 is 35.1 Å². The summed E-state index contributed by atoms with van der Waals surface area (Å²) in [7, 11) is 0. The minimum atomic E-state index is -5.15. The van der Waals surface area contributed by atoms with Crippen LogP contribution in [0.1, 0.15) is 23.1 Å². The molecule has 0 heterocycles. The molecule has 0 unspecified atom stereocenters. The molecule has 1 aromatic carbocycles. The van der Waals surface area contributed by atoms with Crippen molar-refractivity contribution in [2.45, 2.75) is 18.8 Å². The zero-order valence-electron chi connectivity index (χ0n) is 8.13. The summed E-state index contributed by atoms with van der Waals surface area (Å²) < 4.78 is 98.0. The number of alkyl halides is 8. The second-order valence-electron chi connectivity index (χ2n) is 3.22. The Kier molecular flexibility index (Phi) is 3.94. The fourth-order valence-corrected chi connectivity index (χ4v) is 1.80. The van der Waals surface area contributed by atoms with E-state index in [0.29, 0.717) is 0 Å². The summed E-state index contributed by atoms with van der Waals surface area (Å²) in [6.07, 6.45) is -13.8. The maximum absolute atomic E-state index is 12.4. The molecule has 0 spiro atoms. The molecule has 0 saturated heterocycles. The van der Waals surface area contributed by atoms with Crippen LogP contribution in [0.5, 0.6) is 0 Å². The smallest absolute Gasteiger partial charge is 0.205 e. The van der Waals surface area contributed by atoms with Crippen molar-refractivity contribution in [2.75, 3.05) is 0 Å². The Morgan fingerprint density at radius 3 is 1.61 bits per heavy atom. The number of rotatable bonds is 1. The number of benzene rings is 1. The van der Waals surface area contributed by atoms with Crippen molar-refractivity contribution in [1.82, 2.24) is 0 Å². The van der Waals surface area contributed by atoms with Crippen LogP contribution in [0.25, 0.3) is 0 Å². The lowest BCUT2D eigenvalue weighted by atomic mass is 10.0. The van der Waals surface area contributed by atoms with E-state index >= 15 is 0 Å². The molecular weight excluding hydrogens is 340 g/mol. The Morgan fingerprint density at radius 2 is 1.28 bits per heavy atom. The predicted octanol–water partition coefficient (Wildman–Crippen LogP) is 5.42. The number of hydrogen-bond acceptors (Lipinski definition) is 0. The molecule has 0 nitrogen and oxygen atoms in total. The Labute approximate surface area is 104 Å². The average Bonchev–Trinajstić information content (AvgIpc) is 2.13. The lowest BCUT2D eigenvalue weighted by molar-refractivity contribution is -0.143. The van der Waals surface area contributed by atoms with Crippen LogP contribution in [0, 0.1) is 0 Å². The highest BCUT2D eigenvalue weighted by Crippen LogP contribution is 2.43. The predicted molar refractivity (Wildman–Crippen MR) is 49.1 cm³/mol. The molecule has 0 amide bonds. The summed E-state index contributed by atoms with van der Waals surface area (Å²) in [5.41, 5.74) is -5.07. The molecule has 0 aliphatic heterocycles. The van der Waals surface area contributed by atoms with Gasteiger partial charge in [-0.1, -0.05) is 15.9 Å². The second-order valence-corrected chi connectivity index (χ2v) is 4.07. The van der Waals surface area contributed by atoms with E-state index in [1.165, 1.54) is 0 Å². The molecule has 0 fully saturated rings.